The van der Waals surface area contributed by atoms with Crippen LogP contribution in [0.2, 0.25) is 0 Å². The predicted molar refractivity (Wildman–Crippen MR) is 81.1 cm³/mol. The molecule has 2 aliphatic rings. The van der Waals surface area contributed by atoms with Crippen LogP contribution in [0.15, 0.2) is 30.3 Å². The number of likely N-dealkylation sites (tertiary alicyclic amines) is 1. The molecule has 1 saturated carbocycles. The molecule has 110 valence electrons. The van der Waals surface area contributed by atoms with Crippen LogP contribution in [0.4, 0.5) is 0 Å². The Morgan fingerprint density at radius 3 is 2.38 bits per heavy atom. The molecule has 1 amide bonds. The van der Waals surface area contributed by atoms with Crippen LogP contribution in [0.3, 0.4) is 0 Å². The van der Waals surface area contributed by atoms with Crippen LogP contribution < -0.4 is 0 Å². The summed E-state index contributed by atoms with van der Waals surface area (Å²) in [5.41, 5.74) is 0.481. The molecular formula is C18H22N2O. The molecule has 21 heavy (non-hydrogen) atoms. The highest BCUT2D eigenvalue weighted by Gasteiger charge is 2.57. The van der Waals surface area contributed by atoms with Gasteiger partial charge in [-0.1, -0.05) is 51.1 Å². The normalized spacial score (nSPS) is 33.5. The van der Waals surface area contributed by atoms with Crippen LogP contribution in [0, 0.1) is 28.1 Å². The van der Waals surface area contributed by atoms with Crippen LogP contribution >= 0.6 is 0 Å². The van der Waals surface area contributed by atoms with Gasteiger partial charge < -0.3 is 4.90 Å². The quantitative estimate of drug-likeness (QED) is 0.832. The Labute approximate surface area is 126 Å². The third kappa shape index (κ3) is 2.05. The second-order valence-corrected chi connectivity index (χ2v) is 7.44. The highest BCUT2D eigenvalue weighted by atomic mass is 16.2. The van der Waals surface area contributed by atoms with Gasteiger partial charge in [-0.05, 0) is 24.3 Å². The predicted octanol–water partition coefficient (Wildman–Crippen LogP) is 3.54. The molecule has 1 aromatic rings. The maximum Gasteiger partial charge on any atom is 0.243 e. The number of benzene rings is 1. The molecule has 0 radical (unpaired) electrons. The van der Waals surface area contributed by atoms with Crippen molar-refractivity contribution >= 4 is 5.91 Å². The Kier molecular flexibility index (Phi) is 3.09. The van der Waals surface area contributed by atoms with E-state index in [0.717, 1.165) is 6.54 Å². The molecule has 0 spiro atoms. The molecule has 0 aromatic heterocycles. The van der Waals surface area contributed by atoms with E-state index in [1.807, 2.05) is 23.1 Å². The lowest BCUT2D eigenvalue weighted by Crippen LogP contribution is -2.62. The van der Waals surface area contributed by atoms with E-state index in [0.29, 0.717) is 18.8 Å². The van der Waals surface area contributed by atoms with Crippen molar-refractivity contribution in [3.05, 3.63) is 35.9 Å². The fourth-order valence-corrected chi connectivity index (χ4v) is 4.10. The lowest BCUT2D eigenvalue weighted by Gasteiger charge is -2.57. The van der Waals surface area contributed by atoms with Gasteiger partial charge in [-0.2, -0.15) is 5.26 Å². The van der Waals surface area contributed by atoms with Crippen molar-refractivity contribution in [3.63, 3.8) is 0 Å². The number of hydrogen-bond donors (Lipinski definition) is 0. The van der Waals surface area contributed by atoms with Crippen LogP contribution in [-0.4, -0.2) is 17.4 Å². The fraction of sp³-hybridized carbons (Fsp3) is 0.556. The average molecular weight is 282 g/mol. The maximum atomic E-state index is 12.9. The summed E-state index contributed by atoms with van der Waals surface area (Å²) in [4.78, 5) is 14.8. The van der Waals surface area contributed by atoms with Crippen LogP contribution in [-0.2, 0) is 4.79 Å². The number of carbonyl (C=O) groups excluding carboxylic acids is 1. The largest absolute Gasteiger partial charge is 0.333 e. The summed E-state index contributed by atoms with van der Waals surface area (Å²) < 4.78 is 0. The van der Waals surface area contributed by atoms with Gasteiger partial charge in [0, 0.05) is 12.0 Å². The molecule has 1 saturated heterocycles. The zero-order valence-electron chi connectivity index (χ0n) is 13.0. The fourth-order valence-electron chi connectivity index (χ4n) is 4.10. The summed E-state index contributed by atoms with van der Waals surface area (Å²) in [5.74, 6) is 0.523. The zero-order valence-corrected chi connectivity index (χ0v) is 13.0. The molecule has 3 nitrogen and oxygen atoms in total. The van der Waals surface area contributed by atoms with E-state index < -0.39 is 5.41 Å². The van der Waals surface area contributed by atoms with E-state index in [1.54, 1.807) is 0 Å². The van der Waals surface area contributed by atoms with E-state index in [9.17, 15) is 10.1 Å². The van der Waals surface area contributed by atoms with Crippen LogP contribution in [0.1, 0.15) is 45.2 Å². The first-order valence-corrected chi connectivity index (χ1v) is 7.67. The first kappa shape index (κ1) is 14.1. The van der Waals surface area contributed by atoms with Crippen molar-refractivity contribution in [2.75, 3.05) is 6.54 Å². The Hall–Kier alpha value is -1.82. The summed E-state index contributed by atoms with van der Waals surface area (Å²) in [6.07, 6.45) is 1.42. The Morgan fingerprint density at radius 2 is 1.90 bits per heavy atom. The molecule has 1 unspecified atom stereocenters. The molecule has 1 aliphatic heterocycles. The monoisotopic (exact) mass is 282 g/mol. The van der Waals surface area contributed by atoms with Gasteiger partial charge >= 0.3 is 0 Å². The first-order valence-electron chi connectivity index (χ1n) is 7.67. The Morgan fingerprint density at radius 1 is 1.29 bits per heavy atom. The lowest BCUT2D eigenvalue weighted by molar-refractivity contribution is -0.166. The summed E-state index contributed by atoms with van der Waals surface area (Å²) in [7, 11) is 0. The summed E-state index contributed by atoms with van der Waals surface area (Å²) in [5, 5.41) is 9.48. The van der Waals surface area contributed by atoms with Crippen LogP contribution in [0.25, 0.3) is 0 Å². The standard InChI is InChI=1S/C18H22N2O/c1-13-9-18(10-13,11-19)16(21)20-12-17(2,3)15(20)14-7-5-4-6-8-14/h4-8,13,15H,9-10,12H2,1-3H3. The number of hydrogen-bond acceptors (Lipinski definition) is 2. The third-order valence-electron chi connectivity index (χ3n) is 5.02. The second-order valence-electron chi connectivity index (χ2n) is 7.44. The van der Waals surface area contributed by atoms with Crippen molar-refractivity contribution in [2.45, 2.75) is 39.7 Å². The number of amides is 1. The number of carbonyl (C=O) groups is 1. The topological polar surface area (TPSA) is 44.1 Å². The number of rotatable bonds is 2. The molecule has 0 bridgehead atoms. The molecule has 1 atom stereocenters. The molecule has 1 aliphatic carbocycles. The minimum absolute atomic E-state index is 0.0382. The molecule has 3 rings (SSSR count). The molecule has 1 aromatic carbocycles. The third-order valence-corrected chi connectivity index (χ3v) is 5.02. The average Bonchev–Trinajstić information content (AvgIpc) is 2.41. The molecule has 3 heteroatoms. The van der Waals surface area contributed by atoms with Gasteiger partial charge in [-0.3, -0.25) is 4.79 Å². The van der Waals surface area contributed by atoms with Gasteiger partial charge in [0.15, 0.2) is 0 Å². The molecule has 2 fully saturated rings. The molecule has 1 heterocycles. The van der Waals surface area contributed by atoms with Gasteiger partial charge in [0.1, 0.15) is 5.41 Å². The molecular weight excluding hydrogens is 260 g/mol. The lowest BCUT2D eigenvalue weighted by atomic mass is 9.61. The van der Waals surface area contributed by atoms with Crippen LogP contribution in [0.5, 0.6) is 0 Å². The first-order chi connectivity index (χ1) is 9.89. The van der Waals surface area contributed by atoms with Gasteiger partial charge in [0.2, 0.25) is 5.91 Å². The molecule has 0 N–H and O–H groups in total. The van der Waals surface area contributed by atoms with Crippen molar-refractivity contribution in [3.8, 4) is 6.07 Å². The van der Waals surface area contributed by atoms with Gasteiger partial charge in [0.25, 0.3) is 0 Å². The maximum absolute atomic E-state index is 12.9. The highest BCUT2D eigenvalue weighted by molar-refractivity contribution is 5.88. The van der Waals surface area contributed by atoms with E-state index >= 15 is 0 Å². The van der Waals surface area contributed by atoms with Gasteiger partial charge in [-0.15, -0.1) is 0 Å². The Balaban J connectivity index is 1.87. The summed E-state index contributed by atoms with van der Waals surface area (Å²) in [6, 6.07) is 12.6. The number of nitriles is 1. The highest BCUT2D eigenvalue weighted by Crippen LogP contribution is 2.54. The summed E-state index contributed by atoms with van der Waals surface area (Å²) in [6.45, 7) is 7.23. The SMILES string of the molecule is CC1CC(C#N)(C(=O)N2CC(C)(C)C2c2ccccc2)C1. The van der Waals surface area contributed by atoms with E-state index in [2.05, 4.69) is 39.0 Å². The van der Waals surface area contributed by atoms with E-state index in [-0.39, 0.29) is 17.4 Å². The summed E-state index contributed by atoms with van der Waals surface area (Å²) >= 11 is 0. The van der Waals surface area contributed by atoms with Gasteiger partial charge in [-0.25, -0.2) is 0 Å². The smallest absolute Gasteiger partial charge is 0.243 e. The van der Waals surface area contributed by atoms with E-state index in [4.69, 9.17) is 0 Å². The van der Waals surface area contributed by atoms with E-state index in [1.165, 1.54) is 5.56 Å². The van der Waals surface area contributed by atoms with Crippen molar-refractivity contribution in [2.24, 2.45) is 16.7 Å². The van der Waals surface area contributed by atoms with Gasteiger partial charge in [0.05, 0.1) is 12.1 Å². The van der Waals surface area contributed by atoms with Crippen molar-refractivity contribution in [1.29, 1.82) is 5.26 Å². The second kappa shape index (κ2) is 4.59. The Bertz CT molecular complexity index is 593. The number of nitrogens with zero attached hydrogens (tertiary/aromatic N) is 2. The minimum atomic E-state index is -0.761. The zero-order chi connectivity index (χ0) is 15.3. The van der Waals surface area contributed by atoms with Crippen molar-refractivity contribution < 1.29 is 4.79 Å². The van der Waals surface area contributed by atoms with Crippen molar-refractivity contribution in [1.82, 2.24) is 4.90 Å². The minimum Gasteiger partial charge on any atom is -0.333 e.